The maximum atomic E-state index is 5.75. The lowest BCUT2D eigenvalue weighted by molar-refractivity contribution is 0.208. The summed E-state index contributed by atoms with van der Waals surface area (Å²) in [6.45, 7) is 7.61. The van der Waals surface area contributed by atoms with Crippen molar-refractivity contribution in [1.82, 2.24) is 10.1 Å². The molecule has 0 spiro atoms. The molecule has 1 saturated carbocycles. The summed E-state index contributed by atoms with van der Waals surface area (Å²) >= 11 is 0. The zero-order valence-electron chi connectivity index (χ0n) is 13.9. The van der Waals surface area contributed by atoms with Crippen molar-refractivity contribution in [3.05, 3.63) is 11.7 Å². The van der Waals surface area contributed by atoms with Crippen LogP contribution in [-0.2, 0) is 6.42 Å². The Labute approximate surface area is 128 Å². The van der Waals surface area contributed by atoms with Gasteiger partial charge in [0, 0.05) is 12.3 Å². The average molecular weight is 293 g/mol. The standard InChI is InChI=1S/C17H31N3O/c1-17(2,3)14(11-12-18)9-10-15-19-16(20-21-15)13-7-5-4-6-8-13/h13-14H,4-12,18H2,1-3H3. The lowest BCUT2D eigenvalue weighted by Crippen LogP contribution is -2.24. The van der Waals surface area contributed by atoms with E-state index in [4.69, 9.17) is 10.3 Å². The molecule has 0 bridgehead atoms. The lowest BCUT2D eigenvalue weighted by atomic mass is 9.76. The molecule has 1 atom stereocenters. The van der Waals surface area contributed by atoms with Gasteiger partial charge >= 0.3 is 0 Å². The highest BCUT2D eigenvalue weighted by atomic mass is 16.5. The van der Waals surface area contributed by atoms with Gasteiger partial charge in [0.1, 0.15) is 0 Å². The van der Waals surface area contributed by atoms with Crippen LogP contribution in [0.2, 0.25) is 0 Å². The van der Waals surface area contributed by atoms with Crippen LogP contribution in [0.3, 0.4) is 0 Å². The van der Waals surface area contributed by atoms with Gasteiger partial charge in [-0.2, -0.15) is 4.98 Å². The third kappa shape index (κ3) is 4.80. The van der Waals surface area contributed by atoms with Crippen LogP contribution in [0.5, 0.6) is 0 Å². The molecule has 1 aliphatic carbocycles. The Morgan fingerprint density at radius 3 is 2.52 bits per heavy atom. The highest BCUT2D eigenvalue weighted by Crippen LogP contribution is 2.33. The Hall–Kier alpha value is -0.900. The highest BCUT2D eigenvalue weighted by molar-refractivity contribution is 4.97. The summed E-state index contributed by atoms with van der Waals surface area (Å²) in [6, 6.07) is 0. The number of aryl methyl sites for hydroxylation is 1. The average Bonchev–Trinajstić information content (AvgIpc) is 2.92. The molecule has 0 amide bonds. The van der Waals surface area contributed by atoms with E-state index in [0.29, 0.717) is 11.8 Å². The minimum atomic E-state index is 0.283. The normalized spacial score (nSPS) is 18.9. The third-order valence-electron chi connectivity index (χ3n) is 4.90. The van der Waals surface area contributed by atoms with Crippen molar-refractivity contribution in [3.8, 4) is 0 Å². The van der Waals surface area contributed by atoms with E-state index >= 15 is 0 Å². The Bertz CT molecular complexity index is 416. The summed E-state index contributed by atoms with van der Waals surface area (Å²) in [4.78, 5) is 4.64. The summed E-state index contributed by atoms with van der Waals surface area (Å²) in [6.07, 6.45) is 9.41. The zero-order chi connectivity index (χ0) is 15.3. The van der Waals surface area contributed by atoms with E-state index in [0.717, 1.165) is 37.5 Å². The maximum Gasteiger partial charge on any atom is 0.226 e. The fraction of sp³-hybridized carbons (Fsp3) is 0.882. The molecule has 2 N–H and O–H groups in total. The molecule has 1 aromatic heterocycles. The second-order valence-corrected chi connectivity index (χ2v) is 7.56. The predicted octanol–water partition coefficient (Wildman–Crippen LogP) is 4.06. The van der Waals surface area contributed by atoms with Crippen molar-refractivity contribution in [2.75, 3.05) is 6.54 Å². The fourth-order valence-corrected chi connectivity index (χ4v) is 3.41. The van der Waals surface area contributed by atoms with Gasteiger partial charge in [0.15, 0.2) is 5.82 Å². The maximum absolute atomic E-state index is 5.75. The number of hydrogen-bond donors (Lipinski definition) is 1. The van der Waals surface area contributed by atoms with Crippen molar-refractivity contribution in [2.24, 2.45) is 17.1 Å². The van der Waals surface area contributed by atoms with Crippen LogP contribution in [-0.4, -0.2) is 16.7 Å². The van der Waals surface area contributed by atoms with Crippen molar-refractivity contribution < 1.29 is 4.52 Å². The monoisotopic (exact) mass is 293 g/mol. The van der Waals surface area contributed by atoms with Crippen LogP contribution in [0, 0.1) is 11.3 Å². The lowest BCUT2D eigenvalue weighted by Gasteiger charge is -2.30. The number of nitrogens with zero attached hydrogens (tertiary/aromatic N) is 2. The van der Waals surface area contributed by atoms with E-state index in [1.54, 1.807) is 0 Å². The molecule has 1 heterocycles. The van der Waals surface area contributed by atoms with Gasteiger partial charge in [-0.3, -0.25) is 0 Å². The zero-order valence-corrected chi connectivity index (χ0v) is 13.9. The molecule has 1 unspecified atom stereocenters. The van der Waals surface area contributed by atoms with E-state index in [9.17, 15) is 0 Å². The van der Waals surface area contributed by atoms with Crippen molar-refractivity contribution in [3.63, 3.8) is 0 Å². The first kappa shape index (κ1) is 16.5. The second kappa shape index (κ2) is 7.39. The molecule has 4 heteroatoms. The van der Waals surface area contributed by atoms with E-state index < -0.39 is 0 Å². The molecule has 1 fully saturated rings. The molecular formula is C17H31N3O. The summed E-state index contributed by atoms with van der Waals surface area (Å²) in [5, 5.41) is 4.22. The Kier molecular flexibility index (Phi) is 5.80. The molecule has 0 aromatic carbocycles. The molecule has 2 rings (SSSR count). The van der Waals surface area contributed by atoms with Gasteiger partial charge in [-0.05, 0) is 43.6 Å². The van der Waals surface area contributed by atoms with Crippen LogP contribution in [0.15, 0.2) is 4.52 Å². The van der Waals surface area contributed by atoms with Crippen LogP contribution in [0.4, 0.5) is 0 Å². The van der Waals surface area contributed by atoms with E-state index in [1.165, 1.54) is 32.1 Å². The van der Waals surface area contributed by atoms with Crippen LogP contribution < -0.4 is 5.73 Å². The van der Waals surface area contributed by atoms with Gasteiger partial charge in [0.05, 0.1) is 0 Å². The van der Waals surface area contributed by atoms with Gasteiger partial charge in [0.25, 0.3) is 0 Å². The van der Waals surface area contributed by atoms with Crippen LogP contribution in [0.1, 0.15) is 83.3 Å². The Morgan fingerprint density at radius 2 is 1.90 bits per heavy atom. The predicted molar refractivity (Wildman–Crippen MR) is 85.1 cm³/mol. The fourth-order valence-electron chi connectivity index (χ4n) is 3.41. The van der Waals surface area contributed by atoms with E-state index in [1.807, 2.05) is 0 Å². The number of aromatic nitrogens is 2. The first-order chi connectivity index (χ1) is 10.0. The summed E-state index contributed by atoms with van der Waals surface area (Å²) in [5.74, 6) is 2.88. The van der Waals surface area contributed by atoms with Crippen molar-refractivity contribution in [1.29, 1.82) is 0 Å². The first-order valence-corrected chi connectivity index (χ1v) is 8.53. The topological polar surface area (TPSA) is 64.9 Å². The van der Waals surface area contributed by atoms with Crippen molar-refractivity contribution >= 4 is 0 Å². The van der Waals surface area contributed by atoms with Gasteiger partial charge < -0.3 is 10.3 Å². The van der Waals surface area contributed by atoms with Crippen LogP contribution >= 0.6 is 0 Å². The third-order valence-corrected chi connectivity index (χ3v) is 4.90. The quantitative estimate of drug-likeness (QED) is 0.859. The number of rotatable bonds is 6. The molecule has 21 heavy (non-hydrogen) atoms. The van der Waals surface area contributed by atoms with Gasteiger partial charge in [-0.25, -0.2) is 0 Å². The minimum absolute atomic E-state index is 0.283. The Balaban J connectivity index is 1.89. The summed E-state index contributed by atoms with van der Waals surface area (Å²) in [7, 11) is 0. The molecule has 120 valence electrons. The van der Waals surface area contributed by atoms with Gasteiger partial charge in [-0.15, -0.1) is 0 Å². The number of nitrogens with two attached hydrogens (primary N) is 1. The van der Waals surface area contributed by atoms with Crippen molar-refractivity contribution in [2.45, 2.75) is 78.1 Å². The number of hydrogen-bond acceptors (Lipinski definition) is 4. The molecule has 0 saturated heterocycles. The molecule has 0 aliphatic heterocycles. The molecule has 4 nitrogen and oxygen atoms in total. The second-order valence-electron chi connectivity index (χ2n) is 7.56. The molecular weight excluding hydrogens is 262 g/mol. The molecule has 0 radical (unpaired) electrons. The molecule has 1 aliphatic rings. The van der Waals surface area contributed by atoms with Gasteiger partial charge in [0.2, 0.25) is 5.89 Å². The van der Waals surface area contributed by atoms with E-state index in [2.05, 4.69) is 30.9 Å². The largest absolute Gasteiger partial charge is 0.339 e. The Morgan fingerprint density at radius 1 is 1.19 bits per heavy atom. The van der Waals surface area contributed by atoms with E-state index in [-0.39, 0.29) is 5.41 Å². The van der Waals surface area contributed by atoms with Crippen LogP contribution in [0.25, 0.3) is 0 Å². The SMILES string of the molecule is CC(C)(C)C(CCN)CCc1nc(C2CCCCC2)no1. The van der Waals surface area contributed by atoms with Gasteiger partial charge in [-0.1, -0.05) is 45.2 Å². The minimum Gasteiger partial charge on any atom is -0.339 e. The highest BCUT2D eigenvalue weighted by Gasteiger charge is 2.25. The molecule has 1 aromatic rings. The summed E-state index contributed by atoms with van der Waals surface area (Å²) in [5.41, 5.74) is 6.03. The smallest absolute Gasteiger partial charge is 0.226 e. The summed E-state index contributed by atoms with van der Waals surface area (Å²) < 4.78 is 5.47. The first-order valence-electron chi connectivity index (χ1n) is 8.53.